The molecule has 1 atom stereocenters. The molecule has 0 bridgehead atoms. The number of aromatic amines is 1. The Morgan fingerprint density at radius 2 is 2.00 bits per heavy atom. The van der Waals surface area contributed by atoms with Gasteiger partial charge in [-0.2, -0.15) is 10.2 Å². The van der Waals surface area contributed by atoms with Crippen LogP contribution in [0.25, 0.3) is 17.0 Å². The van der Waals surface area contributed by atoms with Gasteiger partial charge in [-0.05, 0) is 24.6 Å². The fraction of sp³-hybridized carbons (Fsp3) is 0.118. The Balaban J connectivity index is 1.79. The van der Waals surface area contributed by atoms with Crippen molar-refractivity contribution in [3.63, 3.8) is 0 Å². The normalized spacial score (nSPS) is 12.4. The van der Waals surface area contributed by atoms with E-state index >= 15 is 0 Å². The summed E-state index contributed by atoms with van der Waals surface area (Å²) < 4.78 is 2.72. The zero-order valence-electron chi connectivity index (χ0n) is 14.3. The van der Waals surface area contributed by atoms with Gasteiger partial charge < -0.3 is 5.11 Å². The van der Waals surface area contributed by atoms with Crippen LogP contribution in [0.4, 0.5) is 0 Å². The molecule has 0 aliphatic carbocycles. The lowest BCUT2D eigenvalue weighted by atomic mass is 10.1. The number of halogens is 2. The molecule has 0 aliphatic rings. The van der Waals surface area contributed by atoms with Crippen LogP contribution in [-0.2, 0) is 0 Å². The first-order valence-electron chi connectivity index (χ1n) is 8.06. The molecule has 142 valence electrons. The molecule has 9 nitrogen and oxygen atoms in total. The van der Waals surface area contributed by atoms with Crippen molar-refractivity contribution in [2.45, 2.75) is 13.0 Å². The first kappa shape index (κ1) is 18.2. The molecular weight excluding hydrogens is 407 g/mol. The van der Waals surface area contributed by atoms with Gasteiger partial charge in [-0.15, -0.1) is 0 Å². The Hall–Kier alpha value is -3.17. The number of H-pyrrole nitrogens is 1. The van der Waals surface area contributed by atoms with Gasteiger partial charge in [-0.25, -0.2) is 14.5 Å². The zero-order chi connectivity index (χ0) is 20.0. The second-order valence-electron chi connectivity index (χ2n) is 6.04. The third kappa shape index (κ3) is 3.04. The van der Waals surface area contributed by atoms with Gasteiger partial charge in [0.15, 0.2) is 5.52 Å². The number of aromatic nitrogens is 6. The number of benzene rings is 1. The third-order valence-electron chi connectivity index (χ3n) is 4.28. The van der Waals surface area contributed by atoms with E-state index < -0.39 is 11.5 Å². The topological polar surface area (TPSA) is 119 Å². The Morgan fingerprint density at radius 3 is 2.68 bits per heavy atom. The molecule has 2 N–H and O–H groups in total. The molecule has 0 aliphatic heterocycles. The lowest BCUT2D eigenvalue weighted by Gasteiger charge is -2.14. The van der Waals surface area contributed by atoms with Gasteiger partial charge in [0.2, 0.25) is 5.95 Å². The summed E-state index contributed by atoms with van der Waals surface area (Å²) in [6.07, 6.45) is 3.89. The van der Waals surface area contributed by atoms with Gasteiger partial charge in [0.1, 0.15) is 5.52 Å². The van der Waals surface area contributed by atoms with Crippen molar-refractivity contribution in [3.8, 4) is 5.95 Å². The van der Waals surface area contributed by atoms with Gasteiger partial charge in [0, 0.05) is 6.20 Å². The molecule has 4 rings (SSSR count). The summed E-state index contributed by atoms with van der Waals surface area (Å²) in [4.78, 5) is 30.6. The first-order chi connectivity index (χ1) is 13.3. The van der Waals surface area contributed by atoms with Crippen LogP contribution < -0.4 is 5.56 Å². The smallest absolute Gasteiger partial charge is 0.338 e. The predicted octanol–water partition coefficient (Wildman–Crippen LogP) is 2.92. The predicted molar refractivity (Wildman–Crippen MR) is 103 cm³/mol. The number of nitrogens with one attached hydrogen (secondary N) is 1. The van der Waals surface area contributed by atoms with Gasteiger partial charge in [-0.1, -0.05) is 29.3 Å². The minimum Gasteiger partial charge on any atom is -0.478 e. The summed E-state index contributed by atoms with van der Waals surface area (Å²) in [5.41, 5.74) is 0.982. The summed E-state index contributed by atoms with van der Waals surface area (Å²) >= 11 is 12.1. The molecule has 0 saturated heterocycles. The highest BCUT2D eigenvalue weighted by Gasteiger charge is 2.18. The van der Waals surface area contributed by atoms with E-state index in [9.17, 15) is 9.59 Å². The summed E-state index contributed by atoms with van der Waals surface area (Å²) in [6, 6.07) is 4.90. The molecule has 11 heteroatoms. The van der Waals surface area contributed by atoms with E-state index in [1.807, 2.05) is 6.92 Å². The van der Waals surface area contributed by atoms with Crippen molar-refractivity contribution >= 4 is 40.2 Å². The van der Waals surface area contributed by atoms with E-state index in [0.717, 1.165) is 5.56 Å². The van der Waals surface area contributed by atoms with E-state index in [4.69, 9.17) is 28.3 Å². The van der Waals surface area contributed by atoms with Gasteiger partial charge >= 0.3 is 5.97 Å². The van der Waals surface area contributed by atoms with Crippen molar-refractivity contribution < 1.29 is 9.90 Å². The fourth-order valence-corrected chi connectivity index (χ4v) is 3.13. The van der Waals surface area contributed by atoms with Gasteiger partial charge in [0.25, 0.3) is 5.56 Å². The van der Waals surface area contributed by atoms with Crippen LogP contribution in [0.15, 0.2) is 41.6 Å². The van der Waals surface area contributed by atoms with Crippen molar-refractivity contribution in [1.82, 2.24) is 29.5 Å². The number of carboxylic acid groups (broad SMARTS) is 1. The Labute approximate surface area is 167 Å². The lowest BCUT2D eigenvalue weighted by Crippen LogP contribution is -2.19. The molecule has 3 aromatic heterocycles. The van der Waals surface area contributed by atoms with Crippen molar-refractivity contribution in [1.29, 1.82) is 0 Å². The molecular formula is C17H12Cl2N6O3. The van der Waals surface area contributed by atoms with Crippen LogP contribution >= 0.6 is 23.2 Å². The van der Waals surface area contributed by atoms with E-state index in [0.29, 0.717) is 15.6 Å². The van der Waals surface area contributed by atoms with Crippen LogP contribution in [0.5, 0.6) is 0 Å². The fourth-order valence-electron chi connectivity index (χ4n) is 2.82. The SMILES string of the molecule is C[C@@H](c1ccc(Cl)c(Cl)c1)n1ncc2nc(-n3cc(C(=O)O)cn3)[nH]c(=O)c21. The minimum absolute atomic E-state index is 0.0216. The zero-order valence-corrected chi connectivity index (χ0v) is 15.8. The molecule has 4 aromatic rings. The van der Waals surface area contributed by atoms with Crippen LogP contribution in [-0.4, -0.2) is 40.6 Å². The number of fused-ring (bicyclic) bond motifs is 1. The summed E-state index contributed by atoms with van der Waals surface area (Å²) in [7, 11) is 0. The minimum atomic E-state index is -1.13. The molecule has 1 aromatic carbocycles. The second-order valence-corrected chi connectivity index (χ2v) is 6.86. The summed E-state index contributed by atoms with van der Waals surface area (Å²) in [5.74, 6) is -1.04. The third-order valence-corrected chi connectivity index (χ3v) is 5.02. The molecule has 28 heavy (non-hydrogen) atoms. The summed E-state index contributed by atoms with van der Waals surface area (Å²) in [5, 5.41) is 18.0. The molecule has 3 heterocycles. The van der Waals surface area contributed by atoms with Crippen LogP contribution in [0.1, 0.15) is 28.9 Å². The van der Waals surface area contributed by atoms with Crippen molar-refractivity contribution in [3.05, 3.63) is 68.3 Å². The molecule has 0 saturated carbocycles. The highest BCUT2D eigenvalue weighted by molar-refractivity contribution is 6.42. The second kappa shape index (κ2) is 6.77. The molecule has 0 spiro atoms. The van der Waals surface area contributed by atoms with Crippen molar-refractivity contribution in [2.75, 3.05) is 0 Å². The number of hydrogen-bond donors (Lipinski definition) is 2. The average Bonchev–Trinajstić information content (AvgIpc) is 3.30. The number of nitrogens with zero attached hydrogens (tertiary/aromatic N) is 5. The van der Waals surface area contributed by atoms with Crippen molar-refractivity contribution in [2.24, 2.45) is 0 Å². The highest BCUT2D eigenvalue weighted by atomic mass is 35.5. The number of rotatable bonds is 4. The standard InChI is InChI=1S/C17H12Cl2N6O3/c1-8(9-2-3-11(18)12(19)4-9)25-14-13(6-21-25)22-17(23-15(14)26)24-7-10(5-20-24)16(27)28/h2-8H,1H3,(H,27,28)(H,22,23,26)/t8-/m0/s1. The maximum absolute atomic E-state index is 12.7. The maximum Gasteiger partial charge on any atom is 0.338 e. The molecule has 0 unspecified atom stereocenters. The Bertz CT molecular complexity index is 1280. The van der Waals surface area contributed by atoms with E-state index in [-0.39, 0.29) is 23.1 Å². The van der Waals surface area contributed by atoms with E-state index in [2.05, 4.69) is 20.2 Å². The lowest BCUT2D eigenvalue weighted by molar-refractivity contribution is 0.0697. The quantitative estimate of drug-likeness (QED) is 0.525. The van der Waals surface area contributed by atoms with Crippen LogP contribution in [0.3, 0.4) is 0 Å². The number of hydrogen-bond acceptors (Lipinski definition) is 5. The van der Waals surface area contributed by atoms with E-state index in [1.54, 1.807) is 18.2 Å². The first-order valence-corrected chi connectivity index (χ1v) is 8.81. The van der Waals surface area contributed by atoms with E-state index in [1.165, 1.54) is 28.0 Å². The monoisotopic (exact) mass is 418 g/mol. The number of carboxylic acids is 1. The largest absolute Gasteiger partial charge is 0.478 e. The maximum atomic E-state index is 12.7. The Morgan fingerprint density at radius 1 is 1.21 bits per heavy atom. The molecule has 0 amide bonds. The number of carbonyl (C=O) groups is 1. The number of aromatic carboxylic acids is 1. The summed E-state index contributed by atoms with van der Waals surface area (Å²) in [6.45, 7) is 1.87. The molecule has 0 fully saturated rings. The average molecular weight is 419 g/mol. The van der Waals surface area contributed by atoms with Gasteiger partial charge in [-0.3, -0.25) is 14.5 Å². The highest BCUT2D eigenvalue weighted by Crippen LogP contribution is 2.28. The Kier molecular flexibility index (Phi) is 4.40. The van der Waals surface area contributed by atoms with Crippen LogP contribution in [0, 0.1) is 0 Å². The van der Waals surface area contributed by atoms with Crippen LogP contribution in [0.2, 0.25) is 10.0 Å². The molecule has 0 radical (unpaired) electrons. The van der Waals surface area contributed by atoms with Gasteiger partial charge in [0.05, 0.1) is 34.0 Å².